The lowest BCUT2D eigenvalue weighted by Crippen LogP contribution is -2.48. The molecule has 0 spiro atoms. The van der Waals surface area contributed by atoms with E-state index in [1.165, 1.54) is 29.3 Å². The van der Waals surface area contributed by atoms with E-state index in [2.05, 4.69) is 10.3 Å². The summed E-state index contributed by atoms with van der Waals surface area (Å²) >= 11 is 0. The number of pyridine rings is 1. The lowest BCUT2D eigenvalue weighted by molar-refractivity contribution is -0.130. The highest BCUT2D eigenvalue weighted by molar-refractivity contribution is 5.85. The third kappa shape index (κ3) is 6.23. The predicted molar refractivity (Wildman–Crippen MR) is 105 cm³/mol. The molecule has 1 unspecified atom stereocenters. The van der Waals surface area contributed by atoms with Crippen molar-refractivity contribution in [2.45, 2.75) is 38.8 Å². The number of halogens is 2. The smallest absolute Gasteiger partial charge is 0.408 e. The van der Waals surface area contributed by atoms with Crippen LogP contribution in [0.15, 0.2) is 36.5 Å². The van der Waals surface area contributed by atoms with Crippen molar-refractivity contribution in [3.63, 3.8) is 0 Å². The monoisotopic (exact) mass is 405 g/mol. The van der Waals surface area contributed by atoms with Crippen LogP contribution in [0.25, 0.3) is 11.3 Å². The van der Waals surface area contributed by atoms with E-state index in [1.807, 2.05) is 0 Å². The van der Waals surface area contributed by atoms with Crippen LogP contribution in [0.2, 0.25) is 0 Å². The number of nitrogens with one attached hydrogen (secondary N) is 1. The van der Waals surface area contributed by atoms with Crippen LogP contribution >= 0.6 is 0 Å². The minimum atomic E-state index is -0.972. The Morgan fingerprint density at radius 1 is 1.17 bits per heavy atom. The molecule has 0 saturated carbocycles. The highest BCUT2D eigenvalue weighted by atomic mass is 19.2. The summed E-state index contributed by atoms with van der Waals surface area (Å²) in [6.07, 6.45) is 0.922. The quantitative estimate of drug-likeness (QED) is 0.826. The SMILES string of the molecule is CN(C)C(=O)C(Cc1ccc(-c2cccc(F)c2F)nc1)NC(=O)OC(C)(C)C. The van der Waals surface area contributed by atoms with Gasteiger partial charge < -0.3 is 15.0 Å². The minimum Gasteiger partial charge on any atom is -0.444 e. The van der Waals surface area contributed by atoms with Crippen molar-refractivity contribution in [1.29, 1.82) is 0 Å². The lowest BCUT2D eigenvalue weighted by atomic mass is 10.0. The third-order valence-corrected chi connectivity index (χ3v) is 3.92. The Labute approximate surface area is 168 Å². The molecule has 2 amide bonds. The Balaban J connectivity index is 2.19. The number of benzene rings is 1. The fourth-order valence-electron chi connectivity index (χ4n) is 2.60. The van der Waals surface area contributed by atoms with E-state index in [9.17, 15) is 18.4 Å². The molecule has 1 heterocycles. The van der Waals surface area contributed by atoms with Gasteiger partial charge in [0.15, 0.2) is 11.6 Å². The van der Waals surface area contributed by atoms with Crippen molar-refractivity contribution in [2.24, 2.45) is 0 Å². The van der Waals surface area contributed by atoms with Gasteiger partial charge in [-0.3, -0.25) is 9.78 Å². The zero-order chi connectivity index (χ0) is 21.8. The summed E-state index contributed by atoms with van der Waals surface area (Å²) < 4.78 is 32.6. The molecule has 0 fully saturated rings. The maximum atomic E-state index is 13.9. The zero-order valence-electron chi connectivity index (χ0n) is 17.1. The highest BCUT2D eigenvalue weighted by Gasteiger charge is 2.26. The number of likely N-dealkylation sites (N-methyl/N-ethyl adjacent to an activating group) is 1. The van der Waals surface area contributed by atoms with Crippen molar-refractivity contribution < 1.29 is 23.1 Å². The molecule has 0 bridgehead atoms. The Kier molecular flexibility index (Phi) is 6.89. The number of rotatable bonds is 5. The average Bonchev–Trinajstić information content (AvgIpc) is 2.62. The van der Waals surface area contributed by atoms with Gasteiger partial charge >= 0.3 is 6.09 Å². The number of ether oxygens (including phenoxy) is 1. The van der Waals surface area contributed by atoms with Gasteiger partial charge in [-0.05, 0) is 44.5 Å². The van der Waals surface area contributed by atoms with E-state index in [-0.39, 0.29) is 23.6 Å². The second kappa shape index (κ2) is 8.98. The number of amides is 2. The van der Waals surface area contributed by atoms with Gasteiger partial charge in [-0.25, -0.2) is 13.6 Å². The summed E-state index contributed by atoms with van der Waals surface area (Å²) in [6.45, 7) is 5.18. The molecular weight excluding hydrogens is 380 g/mol. The number of alkyl carbamates (subject to hydrolysis) is 1. The van der Waals surface area contributed by atoms with Gasteiger partial charge in [-0.2, -0.15) is 0 Å². The van der Waals surface area contributed by atoms with E-state index in [1.54, 1.807) is 40.9 Å². The summed E-state index contributed by atoms with van der Waals surface area (Å²) in [4.78, 5) is 30.1. The molecule has 1 aromatic carbocycles. The molecule has 8 heteroatoms. The summed E-state index contributed by atoms with van der Waals surface area (Å²) in [5.74, 6) is -2.23. The first kappa shape index (κ1) is 22.3. The van der Waals surface area contributed by atoms with Crippen LogP contribution in [0.5, 0.6) is 0 Å². The third-order valence-electron chi connectivity index (χ3n) is 3.92. The summed E-state index contributed by atoms with van der Waals surface area (Å²) in [5, 5.41) is 2.58. The Hall–Kier alpha value is -3.03. The molecule has 0 aliphatic carbocycles. The first-order chi connectivity index (χ1) is 13.5. The highest BCUT2D eigenvalue weighted by Crippen LogP contribution is 2.23. The van der Waals surface area contributed by atoms with E-state index < -0.39 is 29.4 Å². The van der Waals surface area contributed by atoms with Gasteiger partial charge in [0.2, 0.25) is 5.91 Å². The molecular formula is C21H25F2N3O3. The van der Waals surface area contributed by atoms with Crippen LogP contribution < -0.4 is 5.32 Å². The molecule has 6 nitrogen and oxygen atoms in total. The molecule has 1 N–H and O–H groups in total. The minimum absolute atomic E-state index is 0.0457. The molecule has 0 aliphatic rings. The van der Waals surface area contributed by atoms with E-state index >= 15 is 0 Å². The number of carbonyl (C=O) groups is 2. The predicted octanol–water partition coefficient (Wildman–Crippen LogP) is 3.55. The molecule has 0 saturated heterocycles. The Morgan fingerprint density at radius 2 is 1.86 bits per heavy atom. The van der Waals surface area contributed by atoms with E-state index in [0.29, 0.717) is 5.56 Å². The fraction of sp³-hybridized carbons (Fsp3) is 0.381. The normalized spacial score (nSPS) is 12.2. The van der Waals surface area contributed by atoms with Gasteiger partial charge in [0.25, 0.3) is 0 Å². The topological polar surface area (TPSA) is 71.5 Å². The second-order valence-corrected chi connectivity index (χ2v) is 7.79. The van der Waals surface area contributed by atoms with Gasteiger partial charge in [0.05, 0.1) is 5.69 Å². The molecule has 1 atom stereocenters. The van der Waals surface area contributed by atoms with Crippen molar-refractivity contribution >= 4 is 12.0 Å². The maximum absolute atomic E-state index is 13.9. The second-order valence-electron chi connectivity index (χ2n) is 7.79. The number of nitrogens with zero attached hydrogens (tertiary/aromatic N) is 2. The average molecular weight is 405 g/mol. The summed E-state index contributed by atoms with van der Waals surface area (Å²) in [7, 11) is 3.17. The van der Waals surface area contributed by atoms with Crippen LogP contribution in [0.4, 0.5) is 13.6 Å². The van der Waals surface area contributed by atoms with Gasteiger partial charge in [0.1, 0.15) is 11.6 Å². The van der Waals surface area contributed by atoms with Crippen LogP contribution in [0.3, 0.4) is 0 Å². The Morgan fingerprint density at radius 3 is 2.41 bits per heavy atom. The summed E-state index contributed by atoms with van der Waals surface area (Å²) in [6, 6.07) is 6.20. The molecule has 1 aromatic heterocycles. The standard InChI is InChI=1S/C21H25F2N3O3/c1-21(2,3)29-20(28)25-17(19(27)26(4)5)11-13-9-10-16(24-12-13)14-7-6-8-15(22)18(14)23/h6-10,12,17H,11H2,1-5H3,(H,25,28). The van der Waals surface area contributed by atoms with Crippen LogP contribution in [-0.2, 0) is 16.0 Å². The maximum Gasteiger partial charge on any atom is 0.408 e. The Bertz CT molecular complexity index is 878. The number of hydrogen-bond donors (Lipinski definition) is 1. The van der Waals surface area contributed by atoms with Crippen molar-refractivity contribution in [1.82, 2.24) is 15.2 Å². The van der Waals surface area contributed by atoms with E-state index in [4.69, 9.17) is 4.74 Å². The van der Waals surface area contributed by atoms with Gasteiger partial charge in [0, 0.05) is 32.3 Å². The lowest BCUT2D eigenvalue weighted by Gasteiger charge is -2.25. The molecule has 2 aromatic rings. The van der Waals surface area contributed by atoms with Crippen molar-refractivity contribution in [3.8, 4) is 11.3 Å². The first-order valence-corrected chi connectivity index (χ1v) is 9.08. The molecule has 0 radical (unpaired) electrons. The van der Waals surface area contributed by atoms with E-state index in [0.717, 1.165) is 6.07 Å². The zero-order valence-corrected chi connectivity index (χ0v) is 17.1. The largest absolute Gasteiger partial charge is 0.444 e. The summed E-state index contributed by atoms with van der Waals surface area (Å²) in [5.41, 5.74) is 0.251. The number of aromatic nitrogens is 1. The van der Waals surface area contributed by atoms with Crippen LogP contribution in [0, 0.1) is 11.6 Å². The number of hydrogen-bond acceptors (Lipinski definition) is 4. The van der Waals surface area contributed by atoms with Crippen LogP contribution in [0.1, 0.15) is 26.3 Å². The molecule has 2 rings (SSSR count). The van der Waals surface area contributed by atoms with Gasteiger partial charge in [-0.1, -0.05) is 12.1 Å². The number of carbonyl (C=O) groups excluding carboxylic acids is 2. The van der Waals surface area contributed by atoms with Gasteiger partial charge in [-0.15, -0.1) is 0 Å². The van der Waals surface area contributed by atoms with Crippen molar-refractivity contribution in [2.75, 3.05) is 14.1 Å². The molecule has 29 heavy (non-hydrogen) atoms. The molecule has 156 valence electrons. The fourth-order valence-corrected chi connectivity index (χ4v) is 2.60. The van der Waals surface area contributed by atoms with Crippen LogP contribution in [-0.4, -0.2) is 47.6 Å². The molecule has 0 aliphatic heterocycles. The van der Waals surface area contributed by atoms with Crippen molar-refractivity contribution in [3.05, 3.63) is 53.7 Å². The first-order valence-electron chi connectivity index (χ1n) is 9.08.